The third-order valence-corrected chi connectivity index (χ3v) is 5.06. The lowest BCUT2D eigenvalue weighted by molar-refractivity contribution is 0.0658. The molecular formula is C20H29N5O. The minimum atomic E-state index is -0.490. The van der Waals surface area contributed by atoms with Crippen molar-refractivity contribution >= 4 is 5.91 Å². The van der Waals surface area contributed by atoms with Gasteiger partial charge < -0.3 is 10.6 Å². The zero-order valence-corrected chi connectivity index (χ0v) is 16.2. The number of likely N-dealkylation sites (tertiary alicyclic amines) is 1. The van der Waals surface area contributed by atoms with Gasteiger partial charge in [-0.3, -0.25) is 9.48 Å². The van der Waals surface area contributed by atoms with Crippen molar-refractivity contribution in [3.63, 3.8) is 0 Å². The van der Waals surface area contributed by atoms with Crippen LogP contribution < -0.4 is 5.73 Å². The smallest absolute Gasteiger partial charge is 0.254 e. The Labute approximate surface area is 155 Å². The Balaban J connectivity index is 1.67. The van der Waals surface area contributed by atoms with Gasteiger partial charge >= 0.3 is 0 Å². The van der Waals surface area contributed by atoms with Gasteiger partial charge in [-0.2, -0.15) is 0 Å². The zero-order valence-electron chi connectivity index (χ0n) is 16.2. The van der Waals surface area contributed by atoms with Crippen LogP contribution in [-0.2, 0) is 12.1 Å². The SMILES string of the molecule is Cc1ccc(C(=O)N2CCC[C@@H](Cn3cc(C(C)(C)N)nn3)C2)c(C)c1. The van der Waals surface area contributed by atoms with Crippen molar-refractivity contribution in [3.05, 3.63) is 46.8 Å². The van der Waals surface area contributed by atoms with E-state index in [2.05, 4.69) is 16.4 Å². The molecule has 2 aromatic rings. The number of nitrogens with two attached hydrogens (primary N) is 1. The molecule has 0 radical (unpaired) electrons. The number of benzene rings is 1. The molecule has 1 aliphatic rings. The number of aryl methyl sites for hydroxylation is 2. The molecule has 0 spiro atoms. The molecule has 1 atom stereocenters. The Morgan fingerprint density at radius 3 is 2.77 bits per heavy atom. The molecule has 1 saturated heterocycles. The van der Waals surface area contributed by atoms with E-state index in [9.17, 15) is 4.79 Å². The molecule has 1 amide bonds. The number of amides is 1. The van der Waals surface area contributed by atoms with Crippen molar-refractivity contribution in [1.82, 2.24) is 19.9 Å². The van der Waals surface area contributed by atoms with Crippen LogP contribution in [0.5, 0.6) is 0 Å². The van der Waals surface area contributed by atoms with Gasteiger partial charge in [-0.25, -0.2) is 0 Å². The first-order valence-corrected chi connectivity index (χ1v) is 9.30. The van der Waals surface area contributed by atoms with Crippen LogP contribution in [0.2, 0.25) is 0 Å². The van der Waals surface area contributed by atoms with E-state index >= 15 is 0 Å². The zero-order chi connectivity index (χ0) is 18.9. The monoisotopic (exact) mass is 355 g/mol. The number of aromatic nitrogens is 3. The molecule has 6 heteroatoms. The minimum Gasteiger partial charge on any atom is -0.338 e. The first-order chi connectivity index (χ1) is 12.2. The van der Waals surface area contributed by atoms with E-state index in [1.54, 1.807) is 0 Å². The van der Waals surface area contributed by atoms with Crippen LogP contribution in [0.25, 0.3) is 0 Å². The highest BCUT2D eigenvalue weighted by molar-refractivity contribution is 5.95. The largest absolute Gasteiger partial charge is 0.338 e. The minimum absolute atomic E-state index is 0.134. The Morgan fingerprint density at radius 1 is 1.35 bits per heavy atom. The van der Waals surface area contributed by atoms with Crippen LogP contribution in [0.3, 0.4) is 0 Å². The van der Waals surface area contributed by atoms with Crippen molar-refractivity contribution in [2.24, 2.45) is 11.7 Å². The summed E-state index contributed by atoms with van der Waals surface area (Å²) in [6, 6.07) is 6.02. The molecular weight excluding hydrogens is 326 g/mol. The van der Waals surface area contributed by atoms with Crippen molar-refractivity contribution in [2.75, 3.05) is 13.1 Å². The average Bonchev–Trinajstić information content (AvgIpc) is 3.03. The molecule has 2 N–H and O–H groups in total. The molecule has 1 aromatic carbocycles. The fraction of sp³-hybridized carbons (Fsp3) is 0.550. The molecule has 0 saturated carbocycles. The van der Waals surface area contributed by atoms with Gasteiger partial charge in [-0.15, -0.1) is 5.10 Å². The second-order valence-electron chi connectivity index (χ2n) is 8.13. The lowest BCUT2D eigenvalue weighted by Crippen LogP contribution is -2.41. The van der Waals surface area contributed by atoms with Crippen LogP contribution in [0.4, 0.5) is 0 Å². The number of carbonyl (C=O) groups excluding carboxylic acids is 1. The molecule has 2 heterocycles. The van der Waals surface area contributed by atoms with Crippen molar-refractivity contribution in [3.8, 4) is 0 Å². The van der Waals surface area contributed by atoms with E-state index in [-0.39, 0.29) is 5.91 Å². The standard InChI is InChI=1S/C20H29N5O/c1-14-7-8-17(15(2)10-14)19(26)24-9-5-6-16(11-24)12-25-13-18(22-23-25)20(3,4)21/h7-8,10,13,16H,5-6,9,11-12,21H2,1-4H3/t16-/m1/s1. The highest BCUT2D eigenvalue weighted by Crippen LogP contribution is 2.22. The molecule has 6 nitrogen and oxygen atoms in total. The lowest BCUT2D eigenvalue weighted by atomic mass is 9.96. The molecule has 1 aromatic heterocycles. The first-order valence-electron chi connectivity index (χ1n) is 9.30. The van der Waals surface area contributed by atoms with Crippen LogP contribution >= 0.6 is 0 Å². The highest BCUT2D eigenvalue weighted by Gasteiger charge is 2.26. The quantitative estimate of drug-likeness (QED) is 0.915. The van der Waals surface area contributed by atoms with Gasteiger partial charge in [0.2, 0.25) is 0 Å². The van der Waals surface area contributed by atoms with Gasteiger partial charge in [0.25, 0.3) is 5.91 Å². The molecule has 3 rings (SSSR count). The Morgan fingerprint density at radius 2 is 2.12 bits per heavy atom. The fourth-order valence-corrected chi connectivity index (χ4v) is 3.57. The number of piperidine rings is 1. The summed E-state index contributed by atoms with van der Waals surface area (Å²) in [7, 11) is 0. The normalized spacial score (nSPS) is 18.2. The second kappa shape index (κ2) is 7.19. The third-order valence-electron chi connectivity index (χ3n) is 5.06. The molecule has 140 valence electrons. The highest BCUT2D eigenvalue weighted by atomic mass is 16.2. The summed E-state index contributed by atoms with van der Waals surface area (Å²) in [5.41, 5.74) is 9.42. The second-order valence-corrected chi connectivity index (χ2v) is 8.13. The molecule has 1 aliphatic heterocycles. The average molecular weight is 355 g/mol. The van der Waals surface area contributed by atoms with E-state index in [0.29, 0.717) is 5.92 Å². The predicted octanol–water partition coefficient (Wildman–Crippen LogP) is 2.64. The van der Waals surface area contributed by atoms with Gasteiger partial charge in [0.15, 0.2) is 0 Å². The summed E-state index contributed by atoms with van der Waals surface area (Å²) >= 11 is 0. The molecule has 0 bridgehead atoms. The molecule has 0 aliphatic carbocycles. The van der Waals surface area contributed by atoms with Gasteiger partial charge in [0.1, 0.15) is 5.69 Å². The number of rotatable bonds is 4. The van der Waals surface area contributed by atoms with Crippen molar-refractivity contribution < 1.29 is 4.79 Å². The summed E-state index contributed by atoms with van der Waals surface area (Å²) in [5, 5.41) is 8.39. The van der Waals surface area contributed by atoms with E-state index < -0.39 is 5.54 Å². The first kappa shape index (κ1) is 18.6. The van der Waals surface area contributed by atoms with E-state index in [4.69, 9.17) is 5.73 Å². The van der Waals surface area contributed by atoms with Crippen LogP contribution in [-0.4, -0.2) is 38.9 Å². The van der Waals surface area contributed by atoms with Crippen molar-refractivity contribution in [1.29, 1.82) is 0 Å². The van der Waals surface area contributed by atoms with Crippen LogP contribution in [0.1, 0.15) is 53.9 Å². The summed E-state index contributed by atoms with van der Waals surface area (Å²) in [4.78, 5) is 14.9. The van der Waals surface area contributed by atoms with Crippen molar-refractivity contribution in [2.45, 2.75) is 52.6 Å². The van der Waals surface area contributed by atoms with Gasteiger partial charge in [-0.05, 0) is 58.1 Å². The Kier molecular flexibility index (Phi) is 5.14. The number of nitrogens with zero attached hydrogens (tertiary/aromatic N) is 4. The molecule has 1 fully saturated rings. The summed E-state index contributed by atoms with van der Waals surface area (Å²) < 4.78 is 1.86. The fourth-order valence-electron chi connectivity index (χ4n) is 3.57. The molecule has 26 heavy (non-hydrogen) atoms. The third kappa shape index (κ3) is 4.12. The van der Waals surface area contributed by atoms with Gasteiger partial charge in [-0.1, -0.05) is 22.9 Å². The van der Waals surface area contributed by atoms with E-state index in [1.165, 1.54) is 5.56 Å². The predicted molar refractivity (Wildman–Crippen MR) is 102 cm³/mol. The van der Waals surface area contributed by atoms with Gasteiger partial charge in [0, 0.05) is 25.2 Å². The number of hydrogen-bond donors (Lipinski definition) is 1. The lowest BCUT2D eigenvalue weighted by Gasteiger charge is -2.33. The maximum absolute atomic E-state index is 12.9. The molecule has 0 unspecified atom stereocenters. The maximum Gasteiger partial charge on any atom is 0.254 e. The Bertz CT molecular complexity index is 790. The number of carbonyl (C=O) groups is 1. The summed E-state index contributed by atoms with van der Waals surface area (Å²) in [6.45, 7) is 10.2. The maximum atomic E-state index is 12.9. The number of hydrogen-bond acceptors (Lipinski definition) is 4. The van der Waals surface area contributed by atoms with E-state index in [1.807, 2.05) is 55.6 Å². The summed E-state index contributed by atoms with van der Waals surface area (Å²) in [6.07, 6.45) is 4.04. The van der Waals surface area contributed by atoms with E-state index in [0.717, 1.165) is 49.3 Å². The topological polar surface area (TPSA) is 77.0 Å². The summed E-state index contributed by atoms with van der Waals surface area (Å²) in [5.74, 6) is 0.517. The Hall–Kier alpha value is -2.21. The van der Waals surface area contributed by atoms with Crippen LogP contribution in [0.15, 0.2) is 24.4 Å². The van der Waals surface area contributed by atoms with Crippen LogP contribution in [0, 0.1) is 19.8 Å². The van der Waals surface area contributed by atoms with Gasteiger partial charge in [0.05, 0.1) is 11.7 Å².